The van der Waals surface area contributed by atoms with Gasteiger partial charge in [0.15, 0.2) is 0 Å². The minimum atomic E-state index is -0.511. The molecule has 1 saturated heterocycles. The van der Waals surface area contributed by atoms with Crippen molar-refractivity contribution < 1.29 is 9.59 Å². The molecule has 148 valence electrons. The van der Waals surface area contributed by atoms with Crippen molar-refractivity contribution in [1.29, 1.82) is 0 Å². The summed E-state index contributed by atoms with van der Waals surface area (Å²) in [6.45, 7) is 3.86. The van der Waals surface area contributed by atoms with E-state index in [1.165, 1.54) is 0 Å². The molecule has 3 amide bonds. The molecular weight excluding hydrogens is 377 g/mol. The number of hydrogen-bond donors (Lipinski definition) is 4. The van der Waals surface area contributed by atoms with E-state index >= 15 is 0 Å². The van der Waals surface area contributed by atoms with E-state index < -0.39 is 6.04 Å². The Bertz CT molecular complexity index is 563. The molecule has 0 bridgehead atoms. The summed E-state index contributed by atoms with van der Waals surface area (Å²) in [5.41, 5.74) is 7.01. The third-order valence-electron chi connectivity index (χ3n) is 4.24. The molecular formula is C17H29Cl2N5O2. The number of nitrogens with two attached hydrogens (primary N) is 1. The Morgan fingerprint density at radius 2 is 1.62 bits per heavy atom. The molecule has 1 atom stereocenters. The molecule has 0 aliphatic carbocycles. The van der Waals surface area contributed by atoms with Crippen LogP contribution in [0.5, 0.6) is 0 Å². The number of likely N-dealkylation sites (tertiary alicyclic amines) is 1. The van der Waals surface area contributed by atoms with Crippen molar-refractivity contribution >= 4 is 48.1 Å². The first-order chi connectivity index (χ1) is 11.5. The Hall–Kier alpha value is -1.54. The summed E-state index contributed by atoms with van der Waals surface area (Å²) >= 11 is 0. The van der Waals surface area contributed by atoms with Crippen LogP contribution in [0.4, 0.5) is 16.2 Å². The largest absolute Gasteiger partial charge is 0.335 e. The van der Waals surface area contributed by atoms with Gasteiger partial charge in [-0.05, 0) is 63.7 Å². The lowest BCUT2D eigenvalue weighted by Gasteiger charge is -2.29. The van der Waals surface area contributed by atoms with Gasteiger partial charge in [0.1, 0.15) is 0 Å². The van der Waals surface area contributed by atoms with Crippen LogP contribution in [0.15, 0.2) is 24.3 Å². The number of halogens is 2. The first-order valence-electron chi connectivity index (χ1n) is 8.40. The topological polar surface area (TPSA) is 99.5 Å². The van der Waals surface area contributed by atoms with Crippen molar-refractivity contribution in [2.75, 3.05) is 30.8 Å². The average Bonchev–Trinajstić information content (AvgIpc) is 2.58. The number of nitrogens with one attached hydrogen (secondary N) is 3. The molecule has 1 heterocycles. The van der Waals surface area contributed by atoms with Crippen molar-refractivity contribution in [3.05, 3.63) is 24.3 Å². The van der Waals surface area contributed by atoms with E-state index in [1.54, 1.807) is 24.3 Å². The maximum absolute atomic E-state index is 12.0. The van der Waals surface area contributed by atoms with E-state index in [1.807, 2.05) is 6.92 Å². The highest BCUT2D eigenvalue weighted by atomic mass is 35.5. The van der Waals surface area contributed by atoms with Crippen LogP contribution < -0.4 is 21.7 Å². The van der Waals surface area contributed by atoms with Gasteiger partial charge in [-0.1, -0.05) is 6.92 Å². The van der Waals surface area contributed by atoms with E-state index in [4.69, 9.17) is 5.73 Å². The highest BCUT2D eigenvalue weighted by molar-refractivity contribution is 5.95. The fraction of sp³-hybridized carbons (Fsp3) is 0.529. The number of amides is 3. The second kappa shape index (κ2) is 12.0. The number of carbonyl (C=O) groups is 2. The summed E-state index contributed by atoms with van der Waals surface area (Å²) in [4.78, 5) is 26.0. The van der Waals surface area contributed by atoms with Crippen molar-refractivity contribution in [3.63, 3.8) is 0 Å². The summed E-state index contributed by atoms with van der Waals surface area (Å²) in [5, 5.41) is 8.55. The summed E-state index contributed by atoms with van der Waals surface area (Å²) < 4.78 is 0. The molecule has 1 fully saturated rings. The summed E-state index contributed by atoms with van der Waals surface area (Å²) in [6, 6.07) is 6.49. The van der Waals surface area contributed by atoms with E-state index in [9.17, 15) is 9.59 Å². The van der Waals surface area contributed by atoms with Crippen molar-refractivity contribution in [1.82, 2.24) is 10.2 Å². The number of benzene rings is 1. The highest BCUT2D eigenvalue weighted by Gasteiger charge is 2.18. The Kier molecular flexibility index (Phi) is 11.2. The van der Waals surface area contributed by atoms with Gasteiger partial charge in [0, 0.05) is 17.4 Å². The molecule has 0 saturated carbocycles. The number of urea groups is 1. The predicted octanol–water partition coefficient (Wildman–Crippen LogP) is 2.42. The average molecular weight is 406 g/mol. The quantitative estimate of drug-likeness (QED) is 0.604. The number of carbonyl (C=O) groups excluding carboxylic acids is 2. The number of rotatable bonds is 5. The Morgan fingerprint density at radius 3 is 2.12 bits per heavy atom. The molecule has 9 heteroatoms. The zero-order valence-electron chi connectivity index (χ0n) is 15.2. The number of piperidine rings is 1. The minimum Gasteiger partial charge on any atom is -0.335 e. The van der Waals surface area contributed by atoms with Crippen LogP contribution in [0, 0.1) is 0 Å². The van der Waals surface area contributed by atoms with Crippen LogP contribution in [0.3, 0.4) is 0 Å². The van der Waals surface area contributed by atoms with Gasteiger partial charge in [0.2, 0.25) is 5.91 Å². The van der Waals surface area contributed by atoms with E-state index in [0.717, 1.165) is 25.9 Å². The second-order valence-corrected chi connectivity index (χ2v) is 6.26. The third kappa shape index (κ3) is 7.78. The molecule has 5 N–H and O–H groups in total. The van der Waals surface area contributed by atoms with E-state index in [0.29, 0.717) is 17.8 Å². The molecule has 2 rings (SSSR count). The van der Waals surface area contributed by atoms with E-state index in [2.05, 4.69) is 27.9 Å². The van der Waals surface area contributed by atoms with Crippen molar-refractivity contribution in [2.45, 2.75) is 38.3 Å². The molecule has 0 spiro atoms. The molecule has 0 radical (unpaired) electrons. The Labute approximate surface area is 167 Å². The molecule has 26 heavy (non-hydrogen) atoms. The lowest BCUT2D eigenvalue weighted by molar-refractivity contribution is -0.117. The lowest BCUT2D eigenvalue weighted by atomic mass is 10.1. The maximum Gasteiger partial charge on any atom is 0.319 e. The second-order valence-electron chi connectivity index (χ2n) is 6.26. The fourth-order valence-electron chi connectivity index (χ4n) is 2.56. The van der Waals surface area contributed by atoms with Gasteiger partial charge in [-0.15, -0.1) is 24.8 Å². The van der Waals surface area contributed by atoms with Gasteiger partial charge in [-0.2, -0.15) is 0 Å². The van der Waals surface area contributed by atoms with Crippen LogP contribution in [-0.2, 0) is 4.79 Å². The molecule has 1 aliphatic heterocycles. The lowest BCUT2D eigenvalue weighted by Crippen LogP contribution is -2.44. The zero-order chi connectivity index (χ0) is 17.5. The number of hydrogen-bond acceptors (Lipinski definition) is 4. The molecule has 0 aromatic heterocycles. The molecule has 1 aromatic carbocycles. The van der Waals surface area contributed by atoms with Crippen LogP contribution in [0.1, 0.15) is 26.2 Å². The Balaban J connectivity index is 0.00000312. The van der Waals surface area contributed by atoms with E-state index in [-0.39, 0.29) is 42.8 Å². The first kappa shape index (κ1) is 24.5. The molecule has 0 unspecified atom stereocenters. The molecule has 7 nitrogen and oxygen atoms in total. The standard InChI is InChI=1S/C17H27N5O2.2ClH/c1-3-15(18)16(23)19-12-4-6-13(7-5-12)20-17(24)21-14-8-10-22(2)11-9-14;;/h4-7,14-15H,3,8-11,18H2,1-2H3,(H,19,23)(H2,20,21,24);2*1H/t15-;;/m0../s1. The summed E-state index contributed by atoms with van der Waals surface area (Å²) in [5.74, 6) is -0.210. The third-order valence-corrected chi connectivity index (χ3v) is 4.24. The maximum atomic E-state index is 12.0. The monoisotopic (exact) mass is 405 g/mol. The van der Waals surface area contributed by atoms with Gasteiger partial charge in [-0.25, -0.2) is 4.79 Å². The highest BCUT2D eigenvalue weighted by Crippen LogP contribution is 2.14. The minimum absolute atomic E-state index is 0. The van der Waals surface area contributed by atoms with Crippen LogP contribution in [0.25, 0.3) is 0 Å². The van der Waals surface area contributed by atoms with Gasteiger partial charge < -0.3 is 26.6 Å². The predicted molar refractivity (Wildman–Crippen MR) is 111 cm³/mol. The molecule has 1 aliphatic rings. The van der Waals surface area contributed by atoms with Crippen LogP contribution in [-0.4, -0.2) is 49.1 Å². The van der Waals surface area contributed by atoms with Crippen molar-refractivity contribution in [3.8, 4) is 0 Å². The Morgan fingerprint density at radius 1 is 1.12 bits per heavy atom. The van der Waals surface area contributed by atoms with Gasteiger partial charge in [0.25, 0.3) is 0 Å². The van der Waals surface area contributed by atoms with Crippen LogP contribution >= 0.6 is 24.8 Å². The normalized spacial score (nSPS) is 15.8. The summed E-state index contributed by atoms with van der Waals surface area (Å²) in [7, 11) is 2.09. The summed E-state index contributed by atoms with van der Waals surface area (Å²) in [6.07, 6.45) is 2.52. The smallest absolute Gasteiger partial charge is 0.319 e. The van der Waals surface area contributed by atoms with Gasteiger partial charge in [0.05, 0.1) is 6.04 Å². The number of anilines is 2. The van der Waals surface area contributed by atoms with Crippen LogP contribution in [0.2, 0.25) is 0 Å². The first-order valence-corrected chi connectivity index (χ1v) is 8.40. The fourth-order valence-corrected chi connectivity index (χ4v) is 2.56. The van der Waals surface area contributed by atoms with Gasteiger partial charge in [-0.3, -0.25) is 4.79 Å². The number of nitrogens with zero attached hydrogens (tertiary/aromatic N) is 1. The zero-order valence-corrected chi connectivity index (χ0v) is 16.8. The SMILES string of the molecule is CC[C@H](N)C(=O)Nc1ccc(NC(=O)NC2CCN(C)CC2)cc1.Cl.Cl. The van der Waals surface area contributed by atoms with Crippen molar-refractivity contribution in [2.24, 2.45) is 5.73 Å². The molecule has 1 aromatic rings. The van der Waals surface area contributed by atoms with Gasteiger partial charge >= 0.3 is 6.03 Å².